The Morgan fingerprint density at radius 1 is 1.03 bits per heavy atom. The lowest BCUT2D eigenvalue weighted by Crippen LogP contribution is -2.43. The molecule has 1 fully saturated rings. The molecule has 1 aliphatic heterocycles. The number of rotatable bonds is 4. The normalized spacial score (nSPS) is 19.9. The molecule has 0 aromatic heterocycles. The van der Waals surface area contributed by atoms with Crippen LogP contribution in [0.15, 0.2) is 48.5 Å². The van der Waals surface area contributed by atoms with Gasteiger partial charge in [-0.3, -0.25) is 0 Å². The molecule has 32 heavy (non-hydrogen) atoms. The number of hydrogen-bond donors (Lipinski definition) is 2. The number of ether oxygens (including phenoxy) is 2. The van der Waals surface area contributed by atoms with E-state index in [0.717, 1.165) is 11.1 Å². The van der Waals surface area contributed by atoms with E-state index in [-0.39, 0.29) is 31.6 Å². The molecule has 2 aromatic carbocycles. The molecule has 0 unspecified atom stereocenters. The largest absolute Gasteiger partial charge is 0.449 e. The summed E-state index contributed by atoms with van der Waals surface area (Å²) in [5, 5.41) is 12.6. The third-order valence-corrected chi connectivity index (χ3v) is 5.97. The van der Waals surface area contributed by atoms with Crippen molar-refractivity contribution in [2.24, 2.45) is 5.92 Å². The molecule has 1 saturated heterocycles. The zero-order valence-electron chi connectivity index (χ0n) is 18.7. The van der Waals surface area contributed by atoms with Crippen molar-refractivity contribution in [2.75, 3.05) is 26.3 Å². The van der Waals surface area contributed by atoms with Crippen LogP contribution in [-0.2, 0) is 9.47 Å². The van der Waals surface area contributed by atoms with Crippen molar-refractivity contribution in [3.63, 3.8) is 0 Å². The summed E-state index contributed by atoms with van der Waals surface area (Å²) in [6.07, 6.45) is -1.01. The fraction of sp³-hybridized carbons (Fsp3) is 0.440. The summed E-state index contributed by atoms with van der Waals surface area (Å²) in [4.78, 5) is 26.5. The second kappa shape index (κ2) is 8.82. The third-order valence-electron chi connectivity index (χ3n) is 5.97. The molecule has 2 atom stereocenters. The number of likely N-dealkylation sites (tertiary alicyclic amines) is 1. The molecule has 0 bridgehead atoms. The molecule has 2 aliphatic rings. The molecule has 2 N–H and O–H groups in total. The zero-order chi connectivity index (χ0) is 22.9. The van der Waals surface area contributed by atoms with E-state index in [9.17, 15) is 14.7 Å². The fourth-order valence-electron chi connectivity index (χ4n) is 4.49. The van der Waals surface area contributed by atoms with Crippen LogP contribution in [0.3, 0.4) is 0 Å². The molecule has 0 radical (unpaired) electrons. The van der Waals surface area contributed by atoms with Gasteiger partial charge in [-0.2, -0.15) is 0 Å². The fourth-order valence-corrected chi connectivity index (χ4v) is 4.49. The van der Waals surface area contributed by atoms with Gasteiger partial charge in [0.15, 0.2) is 0 Å². The summed E-state index contributed by atoms with van der Waals surface area (Å²) in [6.45, 7) is 6.06. The van der Waals surface area contributed by atoms with E-state index in [1.54, 1.807) is 20.8 Å². The van der Waals surface area contributed by atoms with E-state index < -0.39 is 23.8 Å². The molecule has 4 rings (SSSR count). The molecular formula is C25H30N2O5. The summed E-state index contributed by atoms with van der Waals surface area (Å²) >= 11 is 0. The minimum atomic E-state index is -0.607. The molecule has 0 spiro atoms. The lowest BCUT2D eigenvalue weighted by Gasteiger charge is -2.24. The van der Waals surface area contributed by atoms with Crippen LogP contribution >= 0.6 is 0 Å². The number of carbonyl (C=O) groups is 2. The van der Waals surface area contributed by atoms with Crippen molar-refractivity contribution in [3.8, 4) is 11.1 Å². The number of alkyl carbamates (subject to hydrolysis) is 1. The highest BCUT2D eigenvalue weighted by atomic mass is 16.6. The van der Waals surface area contributed by atoms with Crippen LogP contribution in [0, 0.1) is 5.92 Å². The van der Waals surface area contributed by atoms with Gasteiger partial charge in [0.05, 0.1) is 6.04 Å². The maximum atomic E-state index is 12.6. The molecule has 7 heteroatoms. The Morgan fingerprint density at radius 2 is 1.62 bits per heavy atom. The van der Waals surface area contributed by atoms with Gasteiger partial charge in [-0.25, -0.2) is 9.59 Å². The Bertz CT molecular complexity index is 954. The second-order valence-corrected chi connectivity index (χ2v) is 9.40. The van der Waals surface area contributed by atoms with Crippen molar-refractivity contribution in [3.05, 3.63) is 59.7 Å². The molecule has 2 aromatic rings. The maximum absolute atomic E-state index is 12.6. The minimum Gasteiger partial charge on any atom is -0.449 e. The molecule has 7 nitrogen and oxygen atoms in total. The monoisotopic (exact) mass is 438 g/mol. The van der Waals surface area contributed by atoms with Crippen LogP contribution in [0.4, 0.5) is 9.59 Å². The lowest BCUT2D eigenvalue weighted by molar-refractivity contribution is 0.0281. The van der Waals surface area contributed by atoms with Crippen LogP contribution in [0.5, 0.6) is 0 Å². The number of carbonyl (C=O) groups excluding carboxylic acids is 2. The van der Waals surface area contributed by atoms with Crippen molar-refractivity contribution >= 4 is 12.2 Å². The van der Waals surface area contributed by atoms with Gasteiger partial charge in [0, 0.05) is 31.5 Å². The molecule has 0 saturated carbocycles. The average molecular weight is 439 g/mol. The highest BCUT2D eigenvalue weighted by molar-refractivity contribution is 5.79. The summed E-state index contributed by atoms with van der Waals surface area (Å²) in [5.41, 5.74) is 4.02. The summed E-state index contributed by atoms with van der Waals surface area (Å²) in [5.74, 6) is -0.299. The number of hydrogen-bond acceptors (Lipinski definition) is 5. The predicted octanol–water partition coefficient (Wildman–Crippen LogP) is 3.75. The van der Waals surface area contributed by atoms with Gasteiger partial charge in [0.25, 0.3) is 0 Å². The molecule has 2 amide bonds. The smallest absolute Gasteiger partial charge is 0.410 e. The molecule has 170 valence electrons. The first-order valence-electron chi connectivity index (χ1n) is 11.0. The first-order chi connectivity index (χ1) is 15.3. The van der Waals surface area contributed by atoms with Crippen LogP contribution in [-0.4, -0.2) is 60.1 Å². The number of fused-ring (bicyclic) bond motifs is 3. The number of benzene rings is 2. The quantitative estimate of drug-likeness (QED) is 0.759. The van der Waals surface area contributed by atoms with E-state index in [1.165, 1.54) is 16.0 Å². The number of amides is 2. The van der Waals surface area contributed by atoms with E-state index in [0.29, 0.717) is 6.54 Å². The first kappa shape index (κ1) is 22.1. The number of nitrogens with zero attached hydrogens (tertiary/aromatic N) is 1. The lowest BCUT2D eigenvalue weighted by atomic mass is 9.98. The van der Waals surface area contributed by atoms with E-state index in [1.807, 2.05) is 24.3 Å². The maximum Gasteiger partial charge on any atom is 0.410 e. The molecule has 1 aliphatic carbocycles. The Labute approximate surface area is 188 Å². The predicted molar refractivity (Wildman–Crippen MR) is 120 cm³/mol. The highest BCUT2D eigenvalue weighted by Gasteiger charge is 2.38. The highest BCUT2D eigenvalue weighted by Crippen LogP contribution is 2.44. The van der Waals surface area contributed by atoms with Gasteiger partial charge in [-0.1, -0.05) is 48.5 Å². The topological polar surface area (TPSA) is 88.1 Å². The number of nitrogens with one attached hydrogen (secondary N) is 1. The Morgan fingerprint density at radius 3 is 2.19 bits per heavy atom. The molecule has 1 heterocycles. The summed E-state index contributed by atoms with van der Waals surface area (Å²) in [7, 11) is 0. The van der Waals surface area contributed by atoms with Gasteiger partial charge >= 0.3 is 12.2 Å². The standard InChI is InChI=1S/C25H30N2O5/c1-25(2,3)32-24(30)27-12-16(14-28)22(13-27)26-23(29)31-15-21-19-10-6-4-8-17(19)18-9-5-7-11-20(18)21/h4-11,16,21-22,28H,12-15H2,1-3H3,(H,26,29)/t16-,22+/m0/s1. The zero-order valence-corrected chi connectivity index (χ0v) is 18.7. The van der Waals surface area contributed by atoms with Crippen molar-refractivity contribution in [1.29, 1.82) is 0 Å². The number of aliphatic hydroxyl groups excluding tert-OH is 1. The van der Waals surface area contributed by atoms with Crippen LogP contribution in [0.25, 0.3) is 11.1 Å². The van der Waals surface area contributed by atoms with Crippen LogP contribution < -0.4 is 5.32 Å². The number of aliphatic hydroxyl groups is 1. The van der Waals surface area contributed by atoms with Crippen molar-refractivity contribution < 1.29 is 24.2 Å². The van der Waals surface area contributed by atoms with E-state index in [2.05, 4.69) is 29.6 Å². The van der Waals surface area contributed by atoms with Crippen molar-refractivity contribution in [2.45, 2.75) is 38.3 Å². The van der Waals surface area contributed by atoms with Gasteiger partial charge in [0.1, 0.15) is 12.2 Å². The first-order valence-corrected chi connectivity index (χ1v) is 11.0. The average Bonchev–Trinajstić information content (AvgIpc) is 3.30. The Balaban J connectivity index is 1.38. The SMILES string of the molecule is CC(C)(C)OC(=O)N1C[C@@H](CO)[C@H](NC(=O)OCC2c3ccccc3-c3ccccc32)C1. The van der Waals surface area contributed by atoms with E-state index >= 15 is 0 Å². The van der Waals surface area contributed by atoms with Gasteiger partial charge in [-0.05, 0) is 43.0 Å². The second-order valence-electron chi connectivity index (χ2n) is 9.40. The van der Waals surface area contributed by atoms with Crippen molar-refractivity contribution in [1.82, 2.24) is 10.2 Å². The van der Waals surface area contributed by atoms with Crippen LogP contribution in [0.2, 0.25) is 0 Å². The summed E-state index contributed by atoms with van der Waals surface area (Å²) < 4.78 is 11.0. The summed E-state index contributed by atoms with van der Waals surface area (Å²) in [6, 6.07) is 15.9. The molecular weight excluding hydrogens is 408 g/mol. The Kier molecular flexibility index (Phi) is 6.11. The third kappa shape index (κ3) is 4.58. The van der Waals surface area contributed by atoms with Gasteiger partial charge in [-0.15, -0.1) is 0 Å². The van der Waals surface area contributed by atoms with Gasteiger partial charge < -0.3 is 24.8 Å². The van der Waals surface area contributed by atoms with Crippen LogP contribution in [0.1, 0.15) is 37.8 Å². The Hall–Kier alpha value is -3.06. The van der Waals surface area contributed by atoms with Gasteiger partial charge in [0.2, 0.25) is 0 Å². The van der Waals surface area contributed by atoms with E-state index in [4.69, 9.17) is 9.47 Å². The minimum absolute atomic E-state index is 0.0244.